The number of ether oxygens (including phenoxy) is 3. The third-order valence-electron chi connectivity index (χ3n) is 4.08. The molecule has 0 aliphatic heterocycles. The summed E-state index contributed by atoms with van der Waals surface area (Å²) < 4.78 is 16.0. The Bertz CT molecular complexity index is 515. The third kappa shape index (κ3) is 3.40. The van der Waals surface area contributed by atoms with Crippen molar-refractivity contribution in [2.45, 2.75) is 38.7 Å². The number of hydrogen-bond donors (Lipinski definition) is 1. The Hall–Kier alpha value is -1.91. The van der Waals surface area contributed by atoms with Gasteiger partial charge in [-0.05, 0) is 31.2 Å². The summed E-state index contributed by atoms with van der Waals surface area (Å²) in [7, 11) is 3.03. The average molecular weight is 293 g/mol. The van der Waals surface area contributed by atoms with Gasteiger partial charge in [0.05, 0.1) is 25.5 Å². The highest BCUT2D eigenvalue weighted by Gasteiger charge is 2.27. The maximum atomic E-state index is 12.4. The van der Waals surface area contributed by atoms with E-state index < -0.39 is 5.97 Å². The molecule has 0 spiro atoms. The molecule has 1 fully saturated rings. The molecular formula is C16H23NO4. The van der Waals surface area contributed by atoms with Crippen molar-refractivity contribution < 1.29 is 19.0 Å². The molecule has 1 saturated carbocycles. The molecule has 2 atom stereocenters. The molecule has 21 heavy (non-hydrogen) atoms. The monoisotopic (exact) mass is 293 g/mol. The first-order valence-electron chi connectivity index (χ1n) is 7.29. The molecular weight excluding hydrogens is 270 g/mol. The van der Waals surface area contributed by atoms with Crippen LogP contribution in [-0.2, 0) is 4.74 Å². The topological polar surface area (TPSA) is 70.8 Å². The van der Waals surface area contributed by atoms with Gasteiger partial charge in [0.25, 0.3) is 0 Å². The fourth-order valence-electron chi connectivity index (χ4n) is 2.72. The van der Waals surface area contributed by atoms with E-state index in [1.54, 1.807) is 12.1 Å². The minimum Gasteiger partial charge on any atom is -0.497 e. The summed E-state index contributed by atoms with van der Waals surface area (Å²) in [6, 6.07) is 3.24. The molecule has 2 N–H and O–H groups in total. The molecule has 0 radical (unpaired) electrons. The van der Waals surface area contributed by atoms with E-state index in [9.17, 15) is 4.79 Å². The van der Waals surface area contributed by atoms with Gasteiger partial charge in [0.1, 0.15) is 17.6 Å². The largest absolute Gasteiger partial charge is 0.497 e. The van der Waals surface area contributed by atoms with Crippen molar-refractivity contribution in [2.24, 2.45) is 5.92 Å². The Morgan fingerprint density at radius 3 is 2.52 bits per heavy atom. The van der Waals surface area contributed by atoms with Crippen LogP contribution in [0.2, 0.25) is 0 Å². The summed E-state index contributed by atoms with van der Waals surface area (Å²) in [5.41, 5.74) is 6.56. The number of methoxy groups -OCH3 is 2. The van der Waals surface area contributed by atoms with Crippen LogP contribution in [0, 0.1) is 5.92 Å². The van der Waals surface area contributed by atoms with Crippen LogP contribution >= 0.6 is 0 Å². The zero-order valence-corrected chi connectivity index (χ0v) is 12.8. The lowest BCUT2D eigenvalue weighted by molar-refractivity contribution is 0.00487. The highest BCUT2D eigenvalue weighted by molar-refractivity contribution is 5.97. The predicted molar refractivity (Wildman–Crippen MR) is 80.8 cm³/mol. The lowest BCUT2D eigenvalue weighted by Gasteiger charge is -2.28. The maximum Gasteiger partial charge on any atom is 0.340 e. The number of carbonyl (C=O) groups excluding carboxylic acids is 1. The summed E-state index contributed by atoms with van der Waals surface area (Å²) in [6.07, 6.45) is 4.26. The second kappa shape index (κ2) is 6.70. The number of esters is 1. The molecule has 5 nitrogen and oxygen atoms in total. The molecule has 1 aromatic rings. The normalized spacial score (nSPS) is 21.7. The Balaban J connectivity index is 2.21. The van der Waals surface area contributed by atoms with Gasteiger partial charge in [0.15, 0.2) is 0 Å². The van der Waals surface area contributed by atoms with Gasteiger partial charge in [0.2, 0.25) is 0 Å². The molecule has 0 bridgehead atoms. The van der Waals surface area contributed by atoms with Gasteiger partial charge in [-0.25, -0.2) is 4.79 Å². The lowest BCUT2D eigenvalue weighted by Crippen LogP contribution is -2.28. The smallest absolute Gasteiger partial charge is 0.340 e. The summed E-state index contributed by atoms with van der Waals surface area (Å²) in [5.74, 6) is 0.905. The predicted octanol–water partition coefficient (Wildman–Crippen LogP) is 3.02. The van der Waals surface area contributed by atoms with Crippen LogP contribution in [0.4, 0.5) is 5.69 Å². The number of carbonyl (C=O) groups is 1. The molecule has 0 heterocycles. The van der Waals surface area contributed by atoms with E-state index in [0.717, 1.165) is 19.3 Å². The molecule has 0 aromatic heterocycles. The lowest BCUT2D eigenvalue weighted by atomic mass is 9.88. The molecule has 116 valence electrons. The van der Waals surface area contributed by atoms with Gasteiger partial charge >= 0.3 is 5.97 Å². The van der Waals surface area contributed by atoms with Crippen molar-refractivity contribution in [2.75, 3.05) is 20.0 Å². The molecule has 1 aliphatic rings. The average Bonchev–Trinajstić information content (AvgIpc) is 2.49. The first kappa shape index (κ1) is 15.5. The molecule has 1 aromatic carbocycles. The molecule has 2 unspecified atom stereocenters. The van der Waals surface area contributed by atoms with Crippen molar-refractivity contribution in [3.05, 3.63) is 17.7 Å². The van der Waals surface area contributed by atoms with Gasteiger partial charge in [0, 0.05) is 6.07 Å². The van der Waals surface area contributed by atoms with E-state index in [2.05, 4.69) is 6.92 Å². The van der Waals surface area contributed by atoms with Crippen molar-refractivity contribution in [1.29, 1.82) is 0 Å². The zero-order valence-electron chi connectivity index (χ0n) is 12.8. The van der Waals surface area contributed by atoms with Crippen molar-refractivity contribution >= 4 is 11.7 Å². The van der Waals surface area contributed by atoms with Crippen LogP contribution in [0.5, 0.6) is 11.5 Å². The van der Waals surface area contributed by atoms with Gasteiger partial charge in [-0.2, -0.15) is 0 Å². The molecule has 0 amide bonds. The van der Waals surface area contributed by atoms with Crippen LogP contribution in [0.15, 0.2) is 12.1 Å². The minimum absolute atomic E-state index is 0.0390. The Kier molecular flexibility index (Phi) is 4.94. The highest BCUT2D eigenvalue weighted by Crippen LogP contribution is 2.33. The van der Waals surface area contributed by atoms with E-state index in [-0.39, 0.29) is 11.8 Å². The van der Waals surface area contributed by atoms with Crippen molar-refractivity contribution in [3.63, 3.8) is 0 Å². The number of nitrogen functional groups attached to an aromatic ring is 1. The van der Waals surface area contributed by atoms with E-state index >= 15 is 0 Å². The first-order valence-corrected chi connectivity index (χ1v) is 7.29. The standard InChI is InChI=1S/C16H23NO4/c1-10-6-4-5-7-13(10)21-16(18)12-8-11(19-2)9-14(20-3)15(12)17/h8-10,13H,4-7,17H2,1-3H3. The Labute approximate surface area is 125 Å². The van der Waals surface area contributed by atoms with Crippen LogP contribution in [0.25, 0.3) is 0 Å². The minimum atomic E-state index is -0.413. The SMILES string of the molecule is COc1cc(OC)c(N)c(C(=O)OC2CCCCC2C)c1. The molecule has 2 rings (SSSR count). The van der Waals surface area contributed by atoms with Crippen LogP contribution in [-0.4, -0.2) is 26.3 Å². The zero-order chi connectivity index (χ0) is 15.4. The van der Waals surface area contributed by atoms with Crippen molar-refractivity contribution in [3.8, 4) is 11.5 Å². The van der Waals surface area contributed by atoms with Crippen molar-refractivity contribution in [1.82, 2.24) is 0 Å². The van der Waals surface area contributed by atoms with Gasteiger partial charge in [-0.3, -0.25) is 0 Å². The first-order chi connectivity index (χ1) is 10.1. The molecule has 1 aliphatic carbocycles. The highest BCUT2D eigenvalue weighted by atomic mass is 16.5. The number of anilines is 1. The maximum absolute atomic E-state index is 12.4. The van der Waals surface area contributed by atoms with E-state index in [1.165, 1.54) is 20.6 Å². The van der Waals surface area contributed by atoms with Crippen LogP contribution in [0.1, 0.15) is 43.0 Å². The van der Waals surface area contributed by atoms with E-state index in [1.807, 2.05) is 0 Å². The second-order valence-electron chi connectivity index (χ2n) is 5.50. The van der Waals surface area contributed by atoms with E-state index in [0.29, 0.717) is 23.0 Å². The van der Waals surface area contributed by atoms with Crippen LogP contribution < -0.4 is 15.2 Å². The summed E-state index contributed by atoms with van der Waals surface area (Å²) in [5, 5.41) is 0. The van der Waals surface area contributed by atoms with Gasteiger partial charge in [-0.1, -0.05) is 13.3 Å². The molecule has 0 saturated heterocycles. The van der Waals surface area contributed by atoms with Gasteiger partial charge < -0.3 is 19.9 Å². The number of rotatable bonds is 4. The van der Waals surface area contributed by atoms with Gasteiger partial charge in [-0.15, -0.1) is 0 Å². The van der Waals surface area contributed by atoms with E-state index in [4.69, 9.17) is 19.9 Å². The third-order valence-corrected chi connectivity index (χ3v) is 4.08. The molecule has 5 heteroatoms. The number of benzene rings is 1. The Morgan fingerprint density at radius 2 is 1.90 bits per heavy atom. The second-order valence-corrected chi connectivity index (χ2v) is 5.50. The fraction of sp³-hybridized carbons (Fsp3) is 0.562. The quantitative estimate of drug-likeness (QED) is 0.682. The summed E-state index contributed by atoms with van der Waals surface area (Å²) in [4.78, 5) is 12.4. The summed E-state index contributed by atoms with van der Waals surface area (Å²) >= 11 is 0. The van der Waals surface area contributed by atoms with Crippen LogP contribution in [0.3, 0.4) is 0 Å². The summed E-state index contributed by atoms with van der Waals surface area (Å²) in [6.45, 7) is 2.12. The number of nitrogens with two attached hydrogens (primary N) is 1. The number of hydrogen-bond acceptors (Lipinski definition) is 5. The fourth-order valence-corrected chi connectivity index (χ4v) is 2.72. The Morgan fingerprint density at radius 1 is 1.19 bits per heavy atom.